The minimum atomic E-state index is 0.103. The standard InChI is InChI=1S/C14H16N6O/c1-3-8-21-14-18-12(16)17-13(19-14)20(2)11-6-4-10(9-15)5-7-11/h4-7H,3,8H2,1-2H3,(H2,16,17,18,19). The monoisotopic (exact) mass is 284 g/mol. The molecule has 0 aliphatic carbocycles. The second kappa shape index (κ2) is 6.52. The number of nitriles is 1. The zero-order chi connectivity index (χ0) is 15.2. The van der Waals surface area contributed by atoms with Crippen LogP contribution < -0.4 is 15.4 Å². The molecule has 0 bridgehead atoms. The summed E-state index contributed by atoms with van der Waals surface area (Å²) >= 11 is 0. The first-order chi connectivity index (χ1) is 10.1. The molecule has 0 saturated heterocycles. The Balaban J connectivity index is 2.26. The van der Waals surface area contributed by atoms with Gasteiger partial charge in [-0.15, -0.1) is 0 Å². The van der Waals surface area contributed by atoms with Crippen molar-refractivity contribution in [1.82, 2.24) is 15.0 Å². The molecule has 0 aliphatic rings. The summed E-state index contributed by atoms with van der Waals surface area (Å²) in [4.78, 5) is 14.0. The van der Waals surface area contributed by atoms with Crippen LogP contribution in [0.3, 0.4) is 0 Å². The maximum atomic E-state index is 8.81. The number of nitrogens with zero attached hydrogens (tertiary/aromatic N) is 5. The summed E-state index contributed by atoms with van der Waals surface area (Å²) in [6, 6.07) is 9.36. The molecule has 21 heavy (non-hydrogen) atoms. The minimum Gasteiger partial charge on any atom is -0.463 e. The summed E-state index contributed by atoms with van der Waals surface area (Å²) in [7, 11) is 1.81. The molecule has 2 aromatic rings. The summed E-state index contributed by atoms with van der Waals surface area (Å²) in [5.41, 5.74) is 7.11. The number of rotatable bonds is 5. The maximum Gasteiger partial charge on any atom is 0.323 e. The Kier molecular flexibility index (Phi) is 4.51. The fraction of sp³-hybridized carbons (Fsp3) is 0.286. The molecule has 7 heteroatoms. The number of hydrogen-bond donors (Lipinski definition) is 1. The van der Waals surface area contributed by atoms with Gasteiger partial charge in [-0.3, -0.25) is 0 Å². The highest BCUT2D eigenvalue weighted by Crippen LogP contribution is 2.22. The molecule has 2 N–H and O–H groups in total. The fourth-order valence-electron chi connectivity index (χ4n) is 1.64. The predicted octanol–water partition coefficient (Wildman–Crippen LogP) is 1.88. The lowest BCUT2D eigenvalue weighted by molar-refractivity contribution is 0.292. The lowest BCUT2D eigenvalue weighted by Gasteiger charge is -2.17. The van der Waals surface area contributed by atoms with E-state index in [2.05, 4.69) is 21.0 Å². The van der Waals surface area contributed by atoms with Gasteiger partial charge >= 0.3 is 6.01 Å². The predicted molar refractivity (Wildman–Crippen MR) is 79.2 cm³/mol. The Bertz CT molecular complexity index is 650. The summed E-state index contributed by atoms with van der Waals surface area (Å²) in [6.07, 6.45) is 0.854. The molecular weight excluding hydrogens is 268 g/mol. The van der Waals surface area contributed by atoms with Crippen LogP contribution in [-0.4, -0.2) is 28.6 Å². The summed E-state index contributed by atoms with van der Waals surface area (Å²) in [5.74, 6) is 0.491. The molecule has 0 atom stereocenters. The number of aromatic nitrogens is 3. The molecule has 0 radical (unpaired) electrons. The normalized spacial score (nSPS) is 9.95. The second-order valence-electron chi connectivity index (χ2n) is 4.34. The van der Waals surface area contributed by atoms with Gasteiger partial charge in [0.2, 0.25) is 11.9 Å². The molecule has 1 aromatic heterocycles. The Hall–Kier alpha value is -2.88. The van der Waals surface area contributed by atoms with Crippen LogP contribution in [0.5, 0.6) is 6.01 Å². The lowest BCUT2D eigenvalue weighted by atomic mass is 10.2. The Morgan fingerprint density at radius 1 is 1.24 bits per heavy atom. The molecule has 108 valence electrons. The lowest BCUT2D eigenvalue weighted by Crippen LogP contribution is -2.16. The van der Waals surface area contributed by atoms with E-state index in [0.717, 1.165) is 12.1 Å². The quantitative estimate of drug-likeness (QED) is 0.894. The van der Waals surface area contributed by atoms with Crippen LogP contribution in [0.2, 0.25) is 0 Å². The number of nitrogen functional groups attached to an aromatic ring is 1. The molecule has 1 heterocycles. The molecule has 0 aliphatic heterocycles. The van der Waals surface area contributed by atoms with Crippen molar-refractivity contribution in [2.24, 2.45) is 0 Å². The van der Waals surface area contributed by atoms with E-state index < -0.39 is 0 Å². The van der Waals surface area contributed by atoms with Crippen LogP contribution in [0.1, 0.15) is 18.9 Å². The van der Waals surface area contributed by atoms with Crippen molar-refractivity contribution in [3.8, 4) is 12.1 Å². The number of anilines is 3. The van der Waals surface area contributed by atoms with Gasteiger partial charge < -0.3 is 15.4 Å². The van der Waals surface area contributed by atoms with Crippen molar-refractivity contribution >= 4 is 17.6 Å². The van der Waals surface area contributed by atoms with Gasteiger partial charge in [0, 0.05) is 12.7 Å². The number of benzene rings is 1. The van der Waals surface area contributed by atoms with E-state index in [1.165, 1.54) is 0 Å². The van der Waals surface area contributed by atoms with Crippen molar-refractivity contribution in [3.05, 3.63) is 29.8 Å². The molecule has 0 fully saturated rings. The van der Waals surface area contributed by atoms with Gasteiger partial charge in [0.25, 0.3) is 0 Å². The van der Waals surface area contributed by atoms with E-state index in [4.69, 9.17) is 15.7 Å². The molecule has 0 amide bonds. The van der Waals surface area contributed by atoms with Crippen molar-refractivity contribution < 1.29 is 4.74 Å². The van der Waals surface area contributed by atoms with Gasteiger partial charge in [0.05, 0.1) is 18.2 Å². The number of hydrogen-bond acceptors (Lipinski definition) is 7. The molecule has 0 unspecified atom stereocenters. The van der Waals surface area contributed by atoms with Crippen LogP contribution in [0.25, 0.3) is 0 Å². The number of nitrogens with two attached hydrogens (primary N) is 1. The van der Waals surface area contributed by atoms with E-state index in [0.29, 0.717) is 18.1 Å². The topological polar surface area (TPSA) is 101 Å². The third-order valence-electron chi connectivity index (χ3n) is 2.74. The Morgan fingerprint density at radius 2 is 1.95 bits per heavy atom. The Morgan fingerprint density at radius 3 is 2.57 bits per heavy atom. The Labute approximate surface area is 123 Å². The van der Waals surface area contributed by atoms with E-state index >= 15 is 0 Å². The molecule has 7 nitrogen and oxygen atoms in total. The third-order valence-corrected chi connectivity index (χ3v) is 2.74. The van der Waals surface area contributed by atoms with Gasteiger partial charge in [0.1, 0.15) is 0 Å². The average molecular weight is 284 g/mol. The molecule has 2 rings (SSSR count). The zero-order valence-electron chi connectivity index (χ0n) is 11.9. The zero-order valence-corrected chi connectivity index (χ0v) is 11.9. The van der Waals surface area contributed by atoms with E-state index in [-0.39, 0.29) is 12.0 Å². The van der Waals surface area contributed by atoms with Crippen molar-refractivity contribution in [3.63, 3.8) is 0 Å². The van der Waals surface area contributed by atoms with Crippen LogP contribution in [0.15, 0.2) is 24.3 Å². The number of ether oxygens (including phenoxy) is 1. The van der Waals surface area contributed by atoms with E-state index in [1.54, 1.807) is 24.1 Å². The first kappa shape index (κ1) is 14.5. The van der Waals surface area contributed by atoms with Gasteiger partial charge in [-0.1, -0.05) is 6.92 Å². The smallest absolute Gasteiger partial charge is 0.323 e. The van der Waals surface area contributed by atoms with Gasteiger partial charge in [-0.2, -0.15) is 20.2 Å². The largest absolute Gasteiger partial charge is 0.463 e. The van der Waals surface area contributed by atoms with Crippen molar-refractivity contribution in [2.75, 3.05) is 24.3 Å². The highest BCUT2D eigenvalue weighted by Gasteiger charge is 2.11. The van der Waals surface area contributed by atoms with Crippen LogP contribution in [0.4, 0.5) is 17.6 Å². The van der Waals surface area contributed by atoms with Crippen molar-refractivity contribution in [2.45, 2.75) is 13.3 Å². The third kappa shape index (κ3) is 3.57. The van der Waals surface area contributed by atoms with Gasteiger partial charge in [0.15, 0.2) is 0 Å². The molecule has 0 spiro atoms. The maximum absolute atomic E-state index is 8.81. The minimum absolute atomic E-state index is 0.103. The van der Waals surface area contributed by atoms with E-state index in [9.17, 15) is 0 Å². The first-order valence-electron chi connectivity index (χ1n) is 6.52. The average Bonchev–Trinajstić information content (AvgIpc) is 2.51. The van der Waals surface area contributed by atoms with Crippen molar-refractivity contribution in [1.29, 1.82) is 5.26 Å². The van der Waals surface area contributed by atoms with Crippen LogP contribution in [0, 0.1) is 11.3 Å². The SMILES string of the molecule is CCCOc1nc(N)nc(N(C)c2ccc(C#N)cc2)n1. The summed E-state index contributed by atoms with van der Waals surface area (Å²) in [6.45, 7) is 2.51. The highest BCUT2D eigenvalue weighted by atomic mass is 16.5. The second-order valence-corrected chi connectivity index (χ2v) is 4.34. The summed E-state index contributed by atoms with van der Waals surface area (Å²) in [5, 5.41) is 8.81. The molecule has 1 aromatic carbocycles. The highest BCUT2D eigenvalue weighted by molar-refractivity contribution is 5.58. The molecule has 0 saturated carbocycles. The fourth-order valence-corrected chi connectivity index (χ4v) is 1.64. The van der Waals surface area contributed by atoms with Crippen LogP contribution in [-0.2, 0) is 0 Å². The first-order valence-corrected chi connectivity index (χ1v) is 6.52. The van der Waals surface area contributed by atoms with Gasteiger partial charge in [-0.05, 0) is 30.7 Å². The van der Waals surface area contributed by atoms with Gasteiger partial charge in [-0.25, -0.2) is 0 Å². The van der Waals surface area contributed by atoms with E-state index in [1.807, 2.05) is 19.1 Å². The summed E-state index contributed by atoms with van der Waals surface area (Å²) < 4.78 is 5.39. The molecular formula is C14H16N6O. The van der Waals surface area contributed by atoms with Crippen LogP contribution >= 0.6 is 0 Å².